The van der Waals surface area contributed by atoms with Gasteiger partial charge < -0.3 is 4.57 Å². The van der Waals surface area contributed by atoms with Crippen molar-refractivity contribution in [3.63, 3.8) is 0 Å². The summed E-state index contributed by atoms with van der Waals surface area (Å²) < 4.78 is 2.42. The van der Waals surface area contributed by atoms with Gasteiger partial charge in [0.05, 0.1) is 5.52 Å². The number of aryl methyl sites for hydroxylation is 2. The van der Waals surface area contributed by atoms with Crippen LogP contribution >= 0.6 is 0 Å². The van der Waals surface area contributed by atoms with Crippen LogP contribution in [0, 0.1) is 0 Å². The van der Waals surface area contributed by atoms with E-state index >= 15 is 0 Å². The van der Waals surface area contributed by atoms with Crippen molar-refractivity contribution >= 4 is 10.9 Å². The highest BCUT2D eigenvalue weighted by Crippen LogP contribution is 2.21. The van der Waals surface area contributed by atoms with Gasteiger partial charge in [-0.15, -0.1) is 0 Å². The summed E-state index contributed by atoms with van der Waals surface area (Å²) in [7, 11) is 0. The van der Waals surface area contributed by atoms with Crippen LogP contribution in [-0.4, -0.2) is 4.57 Å². The smallest absolute Gasteiger partial charge is 0.0512 e. The molecule has 0 aliphatic carbocycles. The van der Waals surface area contributed by atoms with Crippen molar-refractivity contribution in [1.82, 2.24) is 4.57 Å². The number of fused-ring (bicyclic) bond motifs is 1. The summed E-state index contributed by atoms with van der Waals surface area (Å²) in [6.45, 7) is 5.65. The van der Waals surface area contributed by atoms with Gasteiger partial charge in [0.15, 0.2) is 0 Å². The number of rotatable bonds is 5. The number of nitrogens with zero attached hydrogens (tertiary/aromatic N) is 1. The Balaban J connectivity index is 2.30. The minimum absolute atomic E-state index is 1.12. The highest BCUT2D eigenvalue weighted by molar-refractivity contribution is 5.83. The Hall–Kier alpha value is -1.24. The van der Waals surface area contributed by atoms with Gasteiger partial charge in [-0.05, 0) is 29.9 Å². The number of hydrogen-bond acceptors (Lipinski definition) is 0. The quantitative estimate of drug-likeness (QED) is 0.652. The lowest BCUT2D eigenvalue weighted by Crippen LogP contribution is -1.98. The second-order valence-corrected chi connectivity index (χ2v) is 4.42. The molecule has 0 fully saturated rings. The summed E-state index contributed by atoms with van der Waals surface area (Å²) in [5.74, 6) is 0. The molecule has 0 spiro atoms. The van der Waals surface area contributed by atoms with E-state index in [1.807, 2.05) is 0 Å². The summed E-state index contributed by atoms with van der Waals surface area (Å²) in [5, 5.41) is 1.39. The van der Waals surface area contributed by atoms with Crippen molar-refractivity contribution in [2.24, 2.45) is 0 Å². The normalized spacial score (nSPS) is 11.1. The summed E-state index contributed by atoms with van der Waals surface area (Å²) in [4.78, 5) is 0. The average Bonchev–Trinajstić information content (AvgIpc) is 2.73. The molecule has 0 unspecified atom stereocenters. The summed E-state index contributed by atoms with van der Waals surface area (Å²) in [6, 6.07) is 8.86. The van der Waals surface area contributed by atoms with Gasteiger partial charge in [0.25, 0.3) is 0 Å². The Kier molecular flexibility index (Phi) is 3.66. The lowest BCUT2D eigenvalue weighted by atomic mass is 10.1. The van der Waals surface area contributed by atoms with Crippen LogP contribution in [0.3, 0.4) is 0 Å². The van der Waals surface area contributed by atoms with Crippen molar-refractivity contribution in [3.8, 4) is 0 Å². The van der Waals surface area contributed by atoms with E-state index in [1.165, 1.54) is 35.7 Å². The maximum absolute atomic E-state index is 2.42. The Morgan fingerprint density at radius 3 is 2.69 bits per heavy atom. The van der Waals surface area contributed by atoms with Crippen molar-refractivity contribution in [2.75, 3.05) is 0 Å². The third kappa shape index (κ3) is 2.13. The molecule has 0 saturated heterocycles. The zero-order valence-corrected chi connectivity index (χ0v) is 10.4. The van der Waals surface area contributed by atoms with Gasteiger partial charge in [-0.25, -0.2) is 0 Å². The molecule has 1 aromatic heterocycles. The first-order valence-corrected chi connectivity index (χ1v) is 6.43. The Labute approximate surface area is 98.1 Å². The van der Waals surface area contributed by atoms with Crippen LogP contribution in [0.15, 0.2) is 30.5 Å². The molecule has 1 aromatic carbocycles. The predicted octanol–water partition coefficient (Wildman–Crippen LogP) is 4.39. The fourth-order valence-corrected chi connectivity index (χ4v) is 2.34. The molecule has 0 bridgehead atoms. The van der Waals surface area contributed by atoms with Crippen molar-refractivity contribution in [3.05, 3.63) is 36.0 Å². The molecule has 0 aliphatic rings. The maximum atomic E-state index is 2.42. The molecule has 0 saturated carbocycles. The molecule has 2 aromatic rings. The topological polar surface area (TPSA) is 4.93 Å². The van der Waals surface area contributed by atoms with Gasteiger partial charge in [-0.2, -0.15) is 0 Å². The molecule has 1 nitrogen and oxygen atoms in total. The summed E-state index contributed by atoms with van der Waals surface area (Å²) in [5.41, 5.74) is 2.92. The molecular formula is C15H21N. The van der Waals surface area contributed by atoms with Gasteiger partial charge in [0.1, 0.15) is 0 Å². The molecule has 1 heteroatoms. The van der Waals surface area contributed by atoms with Gasteiger partial charge >= 0.3 is 0 Å². The lowest BCUT2D eigenvalue weighted by Gasteiger charge is -2.08. The van der Waals surface area contributed by atoms with E-state index in [-0.39, 0.29) is 0 Å². The first-order valence-electron chi connectivity index (χ1n) is 6.43. The van der Waals surface area contributed by atoms with Crippen LogP contribution in [0.5, 0.6) is 0 Å². The van der Waals surface area contributed by atoms with E-state index in [0.717, 1.165) is 13.0 Å². The Bertz CT molecular complexity index is 453. The molecule has 0 radical (unpaired) electrons. The largest absolute Gasteiger partial charge is 0.347 e. The fourth-order valence-electron chi connectivity index (χ4n) is 2.34. The molecule has 0 aliphatic heterocycles. The van der Waals surface area contributed by atoms with Crippen molar-refractivity contribution in [2.45, 2.75) is 46.1 Å². The van der Waals surface area contributed by atoms with Gasteiger partial charge in [-0.3, -0.25) is 0 Å². The van der Waals surface area contributed by atoms with E-state index in [2.05, 4.69) is 48.9 Å². The molecule has 86 valence electrons. The predicted molar refractivity (Wildman–Crippen MR) is 70.8 cm³/mol. The fraction of sp³-hybridized carbons (Fsp3) is 0.467. The van der Waals surface area contributed by atoms with Gasteiger partial charge in [0, 0.05) is 12.7 Å². The average molecular weight is 215 g/mol. The first-order chi connectivity index (χ1) is 7.86. The summed E-state index contributed by atoms with van der Waals surface area (Å²) in [6.07, 6.45) is 7.26. The standard InChI is InChI=1S/C15H21N/c1-3-5-6-11-16-12-10-14-9-7-8-13(4-2)15(14)16/h7-10,12H,3-6,11H2,1-2H3. The van der Waals surface area contributed by atoms with Crippen LogP contribution < -0.4 is 0 Å². The number of para-hydroxylation sites is 1. The second-order valence-electron chi connectivity index (χ2n) is 4.42. The number of aromatic nitrogens is 1. The summed E-state index contributed by atoms with van der Waals surface area (Å²) >= 11 is 0. The third-order valence-corrected chi connectivity index (χ3v) is 3.26. The molecule has 16 heavy (non-hydrogen) atoms. The van der Waals surface area contributed by atoms with Gasteiger partial charge in [0.2, 0.25) is 0 Å². The Morgan fingerprint density at radius 2 is 1.94 bits per heavy atom. The first kappa shape index (κ1) is 11.3. The SMILES string of the molecule is CCCCCn1ccc2cccc(CC)c21. The highest BCUT2D eigenvalue weighted by atomic mass is 14.9. The minimum Gasteiger partial charge on any atom is -0.347 e. The molecular weight excluding hydrogens is 194 g/mol. The van der Waals surface area contributed by atoms with Crippen LogP contribution in [0.2, 0.25) is 0 Å². The van der Waals surface area contributed by atoms with Crippen LogP contribution in [0.25, 0.3) is 10.9 Å². The van der Waals surface area contributed by atoms with E-state index in [0.29, 0.717) is 0 Å². The van der Waals surface area contributed by atoms with E-state index in [1.54, 1.807) is 0 Å². The van der Waals surface area contributed by atoms with Crippen LogP contribution in [-0.2, 0) is 13.0 Å². The van der Waals surface area contributed by atoms with E-state index < -0.39 is 0 Å². The lowest BCUT2D eigenvalue weighted by molar-refractivity contribution is 0.615. The third-order valence-electron chi connectivity index (χ3n) is 3.26. The molecule has 0 N–H and O–H groups in total. The van der Waals surface area contributed by atoms with E-state index in [4.69, 9.17) is 0 Å². The number of benzene rings is 1. The van der Waals surface area contributed by atoms with Gasteiger partial charge in [-0.1, -0.05) is 44.9 Å². The van der Waals surface area contributed by atoms with Crippen molar-refractivity contribution in [1.29, 1.82) is 0 Å². The molecule has 0 amide bonds. The number of unbranched alkanes of at least 4 members (excludes halogenated alkanes) is 2. The number of hydrogen-bond donors (Lipinski definition) is 0. The monoisotopic (exact) mass is 215 g/mol. The van der Waals surface area contributed by atoms with Crippen molar-refractivity contribution < 1.29 is 0 Å². The minimum atomic E-state index is 1.12. The molecule has 2 rings (SSSR count). The van der Waals surface area contributed by atoms with E-state index in [9.17, 15) is 0 Å². The Morgan fingerprint density at radius 1 is 1.06 bits per heavy atom. The highest BCUT2D eigenvalue weighted by Gasteiger charge is 2.04. The maximum Gasteiger partial charge on any atom is 0.0512 e. The zero-order valence-electron chi connectivity index (χ0n) is 10.4. The second kappa shape index (κ2) is 5.20. The van der Waals surface area contributed by atoms with Crippen LogP contribution in [0.4, 0.5) is 0 Å². The van der Waals surface area contributed by atoms with Crippen LogP contribution in [0.1, 0.15) is 38.7 Å². The molecule has 1 heterocycles. The molecule has 0 atom stereocenters. The zero-order chi connectivity index (χ0) is 11.4.